The van der Waals surface area contributed by atoms with Crippen molar-refractivity contribution in [3.05, 3.63) is 34.6 Å². The van der Waals surface area contributed by atoms with Gasteiger partial charge in [0.1, 0.15) is 18.2 Å². The first-order valence-corrected chi connectivity index (χ1v) is 6.78. The summed E-state index contributed by atoms with van der Waals surface area (Å²) in [5.74, 6) is 0.0143. The van der Waals surface area contributed by atoms with Crippen LogP contribution in [0.4, 0.5) is 23.4 Å². The van der Waals surface area contributed by atoms with Gasteiger partial charge in [-0.05, 0) is 34.1 Å². The highest BCUT2D eigenvalue weighted by Gasteiger charge is 2.27. The van der Waals surface area contributed by atoms with Gasteiger partial charge in [-0.25, -0.2) is 9.37 Å². The normalized spacial score (nSPS) is 11.9. The van der Waals surface area contributed by atoms with E-state index in [0.29, 0.717) is 15.8 Å². The van der Waals surface area contributed by atoms with Crippen molar-refractivity contribution in [3.63, 3.8) is 0 Å². The van der Waals surface area contributed by atoms with E-state index in [4.69, 9.17) is 0 Å². The van der Waals surface area contributed by atoms with Crippen LogP contribution in [0.25, 0.3) is 10.9 Å². The lowest BCUT2D eigenvalue weighted by Gasteiger charge is -2.09. The molecule has 1 aromatic heterocycles. The number of benzene rings is 1. The fourth-order valence-corrected chi connectivity index (χ4v) is 2.02. The van der Waals surface area contributed by atoms with Crippen molar-refractivity contribution in [1.82, 2.24) is 4.98 Å². The van der Waals surface area contributed by atoms with E-state index in [9.17, 15) is 17.6 Å². The van der Waals surface area contributed by atoms with E-state index >= 15 is 0 Å². The number of nitrogens with zero attached hydrogens (tertiary/aromatic N) is 1. The number of anilines is 1. The molecule has 0 radical (unpaired) electrons. The number of nitrogens with one attached hydrogen (secondary N) is 1. The molecule has 2 rings (SSSR count). The van der Waals surface area contributed by atoms with Crippen molar-refractivity contribution in [3.8, 4) is 0 Å². The fraction of sp³-hybridized carbons (Fsp3) is 0.308. The van der Waals surface area contributed by atoms with Crippen molar-refractivity contribution < 1.29 is 22.3 Å². The molecule has 21 heavy (non-hydrogen) atoms. The molecule has 3 nitrogen and oxygen atoms in total. The topological polar surface area (TPSA) is 34.2 Å². The molecular weight excluding hydrogens is 356 g/mol. The molecule has 0 saturated heterocycles. The molecule has 1 N–H and O–H groups in total. The van der Waals surface area contributed by atoms with Gasteiger partial charge in [0.05, 0.1) is 16.6 Å². The average molecular weight is 367 g/mol. The van der Waals surface area contributed by atoms with E-state index in [0.717, 1.165) is 5.39 Å². The maximum Gasteiger partial charge on any atom is 0.411 e. The molecule has 0 bridgehead atoms. The van der Waals surface area contributed by atoms with Gasteiger partial charge in [-0.3, -0.25) is 0 Å². The highest BCUT2D eigenvalue weighted by molar-refractivity contribution is 9.10. The van der Waals surface area contributed by atoms with Crippen LogP contribution < -0.4 is 5.32 Å². The molecule has 0 aliphatic rings. The third kappa shape index (κ3) is 4.82. The molecule has 114 valence electrons. The number of rotatable bonds is 5. The standard InChI is InChI=1S/C13H11BrF4N2O/c14-9-5-8-1-2-12(20-11(8)6-10(9)15)19-3-4-21-7-13(16,17)18/h1-2,5-6H,3-4,7H2,(H,19,20). The van der Waals surface area contributed by atoms with Crippen LogP contribution in [-0.4, -0.2) is 30.9 Å². The van der Waals surface area contributed by atoms with Crippen LogP contribution in [0, 0.1) is 5.82 Å². The average Bonchev–Trinajstić information content (AvgIpc) is 2.38. The Kier molecular flexibility index (Phi) is 5.00. The summed E-state index contributed by atoms with van der Waals surface area (Å²) in [7, 11) is 0. The van der Waals surface area contributed by atoms with Crippen molar-refractivity contribution >= 4 is 32.7 Å². The first-order valence-electron chi connectivity index (χ1n) is 5.99. The number of fused-ring (bicyclic) bond motifs is 1. The van der Waals surface area contributed by atoms with E-state index in [1.54, 1.807) is 18.2 Å². The van der Waals surface area contributed by atoms with Gasteiger partial charge in [0, 0.05) is 18.0 Å². The molecular formula is C13H11BrF4N2O. The molecule has 1 aromatic carbocycles. The van der Waals surface area contributed by atoms with Crippen LogP contribution in [0.5, 0.6) is 0 Å². The van der Waals surface area contributed by atoms with E-state index in [1.807, 2.05) is 0 Å². The summed E-state index contributed by atoms with van der Waals surface area (Å²) in [6, 6.07) is 6.29. The number of hydrogen-bond donors (Lipinski definition) is 1. The Balaban J connectivity index is 1.92. The minimum Gasteiger partial charge on any atom is -0.370 e. The molecule has 0 saturated carbocycles. The SMILES string of the molecule is Fc1cc2nc(NCCOCC(F)(F)F)ccc2cc1Br. The second-order valence-corrected chi connectivity index (χ2v) is 5.10. The van der Waals surface area contributed by atoms with Gasteiger partial charge in [-0.15, -0.1) is 0 Å². The van der Waals surface area contributed by atoms with Crippen molar-refractivity contribution in [2.45, 2.75) is 6.18 Å². The predicted molar refractivity (Wildman–Crippen MR) is 74.8 cm³/mol. The van der Waals surface area contributed by atoms with E-state index in [2.05, 4.69) is 31.0 Å². The number of aromatic nitrogens is 1. The van der Waals surface area contributed by atoms with Crippen LogP contribution in [-0.2, 0) is 4.74 Å². The van der Waals surface area contributed by atoms with Gasteiger partial charge in [0.2, 0.25) is 0 Å². The monoisotopic (exact) mass is 366 g/mol. The second kappa shape index (κ2) is 6.57. The number of alkyl halides is 3. The number of hydrogen-bond acceptors (Lipinski definition) is 3. The Morgan fingerprint density at radius 1 is 1.24 bits per heavy atom. The van der Waals surface area contributed by atoms with Gasteiger partial charge >= 0.3 is 6.18 Å². The van der Waals surface area contributed by atoms with Gasteiger partial charge in [-0.2, -0.15) is 13.2 Å². The predicted octanol–water partition coefficient (Wildman–Crippen LogP) is 4.13. The summed E-state index contributed by atoms with van der Waals surface area (Å²) < 4.78 is 53.8. The van der Waals surface area contributed by atoms with Gasteiger partial charge in [-0.1, -0.05) is 0 Å². The molecule has 8 heteroatoms. The van der Waals surface area contributed by atoms with E-state index in [-0.39, 0.29) is 13.2 Å². The summed E-state index contributed by atoms with van der Waals surface area (Å²) in [6.45, 7) is -1.21. The van der Waals surface area contributed by atoms with Crippen LogP contribution in [0.3, 0.4) is 0 Å². The third-order valence-electron chi connectivity index (χ3n) is 2.55. The Morgan fingerprint density at radius 2 is 2.00 bits per heavy atom. The first-order chi connectivity index (χ1) is 9.85. The quantitative estimate of drug-likeness (QED) is 0.638. The molecule has 0 fully saturated rings. The first kappa shape index (κ1) is 16.0. The van der Waals surface area contributed by atoms with Crippen LogP contribution in [0.1, 0.15) is 0 Å². The van der Waals surface area contributed by atoms with Crippen LogP contribution in [0.2, 0.25) is 0 Å². The molecule has 0 aliphatic carbocycles. The zero-order chi connectivity index (χ0) is 15.5. The summed E-state index contributed by atoms with van der Waals surface area (Å²) in [6.07, 6.45) is -4.33. The molecule has 0 amide bonds. The van der Waals surface area contributed by atoms with E-state index in [1.165, 1.54) is 6.07 Å². The summed E-state index contributed by atoms with van der Waals surface area (Å²) in [5, 5.41) is 3.57. The molecule has 1 heterocycles. The maximum atomic E-state index is 13.4. The number of pyridine rings is 1. The lowest BCUT2D eigenvalue weighted by molar-refractivity contribution is -0.172. The summed E-state index contributed by atoms with van der Waals surface area (Å²) in [5.41, 5.74) is 0.455. The molecule has 0 unspecified atom stereocenters. The van der Waals surface area contributed by atoms with Crippen LogP contribution in [0.15, 0.2) is 28.7 Å². The second-order valence-electron chi connectivity index (χ2n) is 4.25. The summed E-state index contributed by atoms with van der Waals surface area (Å²) >= 11 is 3.08. The highest BCUT2D eigenvalue weighted by Crippen LogP contribution is 2.23. The summed E-state index contributed by atoms with van der Waals surface area (Å²) in [4.78, 5) is 4.17. The van der Waals surface area contributed by atoms with Crippen molar-refractivity contribution in [2.75, 3.05) is 25.1 Å². The number of halogens is 5. The molecule has 0 spiro atoms. The maximum absolute atomic E-state index is 13.4. The van der Waals surface area contributed by atoms with Gasteiger partial charge in [0.15, 0.2) is 0 Å². The minimum atomic E-state index is -4.33. The lowest BCUT2D eigenvalue weighted by Crippen LogP contribution is -2.20. The largest absolute Gasteiger partial charge is 0.411 e. The Labute approximate surface area is 126 Å². The zero-order valence-electron chi connectivity index (χ0n) is 10.7. The Hall–Kier alpha value is -1.41. The van der Waals surface area contributed by atoms with Crippen molar-refractivity contribution in [2.24, 2.45) is 0 Å². The van der Waals surface area contributed by atoms with Gasteiger partial charge < -0.3 is 10.1 Å². The molecule has 2 aromatic rings. The molecule has 0 aliphatic heterocycles. The minimum absolute atomic E-state index is 0.103. The molecule has 0 atom stereocenters. The smallest absolute Gasteiger partial charge is 0.370 e. The van der Waals surface area contributed by atoms with Gasteiger partial charge in [0.25, 0.3) is 0 Å². The van der Waals surface area contributed by atoms with Crippen LogP contribution >= 0.6 is 15.9 Å². The Bertz CT molecular complexity index is 633. The highest BCUT2D eigenvalue weighted by atomic mass is 79.9. The zero-order valence-corrected chi connectivity index (χ0v) is 12.3. The lowest BCUT2D eigenvalue weighted by atomic mass is 10.2. The fourth-order valence-electron chi connectivity index (χ4n) is 1.66. The van der Waals surface area contributed by atoms with Crippen molar-refractivity contribution in [1.29, 1.82) is 0 Å². The van der Waals surface area contributed by atoms with E-state index < -0.39 is 18.6 Å². The Morgan fingerprint density at radius 3 is 2.71 bits per heavy atom. The third-order valence-corrected chi connectivity index (χ3v) is 3.16. The number of ether oxygens (including phenoxy) is 1.